The molecule has 0 unspecified atom stereocenters. The van der Waals surface area contributed by atoms with Gasteiger partial charge in [-0.2, -0.15) is 5.10 Å². The summed E-state index contributed by atoms with van der Waals surface area (Å²) >= 11 is 0. The lowest BCUT2D eigenvalue weighted by Crippen LogP contribution is -2.24. The second-order valence-electron chi connectivity index (χ2n) is 8.91. The topological polar surface area (TPSA) is 115 Å². The van der Waals surface area contributed by atoms with Crippen molar-refractivity contribution >= 4 is 22.5 Å². The summed E-state index contributed by atoms with van der Waals surface area (Å²) in [4.78, 5) is 22.0. The van der Waals surface area contributed by atoms with Crippen molar-refractivity contribution in [2.24, 2.45) is 0 Å². The molecule has 0 amide bonds. The van der Waals surface area contributed by atoms with E-state index in [1.54, 1.807) is 0 Å². The summed E-state index contributed by atoms with van der Waals surface area (Å²) in [6.07, 6.45) is 5.41. The molecule has 0 bridgehead atoms. The molecule has 8 heteroatoms. The first-order chi connectivity index (χ1) is 14.9. The molecule has 0 atom stereocenters. The Morgan fingerprint density at radius 1 is 1.03 bits per heavy atom. The first kappa shape index (κ1) is 19.5. The normalized spacial score (nSPS) is 14.4. The van der Waals surface area contributed by atoms with Crippen LogP contribution in [0.3, 0.4) is 0 Å². The molecular weight excluding hydrogens is 390 g/mol. The molecular formula is C23H27N7O. The molecule has 31 heavy (non-hydrogen) atoms. The van der Waals surface area contributed by atoms with Crippen molar-refractivity contribution in [3.63, 3.8) is 0 Å². The van der Waals surface area contributed by atoms with Gasteiger partial charge >= 0.3 is 0 Å². The van der Waals surface area contributed by atoms with Gasteiger partial charge in [0.15, 0.2) is 5.82 Å². The zero-order chi connectivity index (χ0) is 21.6. The van der Waals surface area contributed by atoms with E-state index in [1.807, 2.05) is 31.2 Å². The van der Waals surface area contributed by atoms with E-state index in [9.17, 15) is 4.79 Å². The number of anilines is 2. The average Bonchev–Trinajstić information content (AvgIpc) is 3.24. The third-order valence-corrected chi connectivity index (χ3v) is 6.24. The molecule has 0 aliphatic heterocycles. The van der Waals surface area contributed by atoms with Crippen LogP contribution >= 0.6 is 0 Å². The summed E-state index contributed by atoms with van der Waals surface area (Å²) in [6, 6.07) is 7.83. The zero-order valence-corrected chi connectivity index (χ0v) is 18.1. The number of rotatable bonds is 4. The Hall–Kier alpha value is -3.42. The van der Waals surface area contributed by atoms with Crippen LogP contribution in [0.25, 0.3) is 10.9 Å². The maximum absolute atomic E-state index is 11.9. The zero-order valence-electron chi connectivity index (χ0n) is 18.1. The van der Waals surface area contributed by atoms with Crippen molar-refractivity contribution < 1.29 is 0 Å². The Labute approximate surface area is 179 Å². The molecule has 0 saturated heterocycles. The van der Waals surface area contributed by atoms with Crippen molar-refractivity contribution in [3.05, 3.63) is 63.0 Å². The van der Waals surface area contributed by atoms with Crippen LogP contribution in [-0.2, 0) is 18.3 Å². The number of benzene rings is 1. The molecule has 4 N–H and O–H groups in total. The minimum absolute atomic E-state index is 0.110. The van der Waals surface area contributed by atoms with Crippen LogP contribution < -0.4 is 10.9 Å². The van der Waals surface area contributed by atoms with E-state index < -0.39 is 5.41 Å². The molecule has 0 fully saturated rings. The lowest BCUT2D eigenvalue weighted by atomic mass is 9.83. The van der Waals surface area contributed by atoms with Crippen LogP contribution in [0.2, 0.25) is 0 Å². The predicted molar refractivity (Wildman–Crippen MR) is 121 cm³/mol. The highest BCUT2D eigenvalue weighted by molar-refractivity contribution is 5.78. The summed E-state index contributed by atoms with van der Waals surface area (Å²) in [5.74, 6) is 2.37. The molecule has 3 aromatic heterocycles. The fraction of sp³-hybridized carbons (Fsp3) is 0.391. The van der Waals surface area contributed by atoms with E-state index in [0.717, 1.165) is 65.6 Å². The number of hydrogen-bond donors (Lipinski definition) is 4. The van der Waals surface area contributed by atoms with Crippen LogP contribution in [-0.4, -0.2) is 30.4 Å². The maximum Gasteiger partial charge on any atom is 0.271 e. The highest BCUT2D eigenvalue weighted by Crippen LogP contribution is 2.34. The molecule has 0 radical (unpaired) electrons. The molecule has 1 aliphatic rings. The SMILES string of the molecule is Cc1cc(Nc2nc(C(C)(C)c3ccc4c(=O)[nH][nH]c4c3)nc3c2CCCCC3)n[nH]1. The Morgan fingerprint density at radius 2 is 1.87 bits per heavy atom. The van der Waals surface area contributed by atoms with Crippen LogP contribution in [0.15, 0.2) is 29.1 Å². The fourth-order valence-electron chi connectivity index (χ4n) is 4.31. The Morgan fingerprint density at radius 3 is 2.68 bits per heavy atom. The summed E-state index contributed by atoms with van der Waals surface area (Å²) in [5, 5.41) is 17.0. The highest BCUT2D eigenvalue weighted by Gasteiger charge is 2.30. The first-order valence-corrected chi connectivity index (χ1v) is 10.8. The van der Waals surface area contributed by atoms with E-state index in [0.29, 0.717) is 5.39 Å². The molecule has 160 valence electrons. The second kappa shape index (κ2) is 7.37. The van der Waals surface area contributed by atoms with Crippen LogP contribution in [0, 0.1) is 6.92 Å². The van der Waals surface area contributed by atoms with Gasteiger partial charge in [0.05, 0.1) is 10.9 Å². The second-order valence-corrected chi connectivity index (χ2v) is 8.91. The van der Waals surface area contributed by atoms with Gasteiger partial charge in [-0.15, -0.1) is 0 Å². The van der Waals surface area contributed by atoms with Crippen LogP contribution in [0.1, 0.15) is 61.4 Å². The number of fused-ring (bicyclic) bond motifs is 2. The van der Waals surface area contributed by atoms with E-state index in [2.05, 4.69) is 39.6 Å². The predicted octanol–water partition coefficient (Wildman–Crippen LogP) is 4.02. The lowest BCUT2D eigenvalue weighted by molar-refractivity contribution is 0.584. The summed E-state index contributed by atoms with van der Waals surface area (Å²) in [7, 11) is 0. The number of H-pyrrole nitrogens is 3. The summed E-state index contributed by atoms with van der Waals surface area (Å²) in [6.45, 7) is 6.23. The number of nitrogens with one attached hydrogen (secondary N) is 4. The number of hydrogen-bond acceptors (Lipinski definition) is 5. The molecule has 1 aromatic carbocycles. The average molecular weight is 418 g/mol. The van der Waals surface area contributed by atoms with Crippen LogP contribution in [0.4, 0.5) is 11.6 Å². The molecule has 8 nitrogen and oxygen atoms in total. The van der Waals surface area contributed by atoms with Gasteiger partial charge in [0, 0.05) is 28.4 Å². The van der Waals surface area contributed by atoms with Gasteiger partial charge in [0.25, 0.3) is 5.56 Å². The van der Waals surface area contributed by atoms with E-state index in [4.69, 9.17) is 9.97 Å². The van der Waals surface area contributed by atoms with Gasteiger partial charge in [-0.05, 0) is 64.2 Å². The van der Waals surface area contributed by atoms with Gasteiger partial charge in [-0.1, -0.05) is 12.5 Å². The monoisotopic (exact) mass is 417 g/mol. The molecule has 4 aromatic rings. The van der Waals surface area contributed by atoms with Crippen molar-refractivity contribution in [1.82, 2.24) is 30.4 Å². The van der Waals surface area contributed by atoms with Gasteiger partial charge in [-0.3, -0.25) is 20.1 Å². The largest absolute Gasteiger partial charge is 0.323 e. The number of aromatic amines is 3. The Balaban J connectivity index is 1.62. The highest BCUT2D eigenvalue weighted by atomic mass is 16.1. The van der Waals surface area contributed by atoms with Gasteiger partial charge in [0.2, 0.25) is 0 Å². The first-order valence-electron chi connectivity index (χ1n) is 10.8. The van der Waals surface area contributed by atoms with E-state index in [1.165, 1.54) is 12.0 Å². The smallest absolute Gasteiger partial charge is 0.271 e. The quantitative estimate of drug-likeness (QED) is 0.374. The standard InChI is InChI=1S/C23H27N7O/c1-13-11-19(29-27-13)25-20-15-7-5-4-6-8-17(15)24-22(26-20)23(2,3)14-9-10-16-18(12-14)28-30-21(16)31/h9-12H,4-8H2,1-3H3,(H2,28,30,31)(H2,24,25,26,27,29). The third kappa shape index (κ3) is 3.52. The minimum Gasteiger partial charge on any atom is -0.323 e. The van der Waals surface area contributed by atoms with Crippen molar-refractivity contribution in [3.8, 4) is 0 Å². The van der Waals surface area contributed by atoms with Crippen molar-refractivity contribution in [2.75, 3.05) is 5.32 Å². The molecule has 5 rings (SSSR count). The lowest BCUT2D eigenvalue weighted by Gasteiger charge is -2.26. The van der Waals surface area contributed by atoms with Gasteiger partial charge in [-0.25, -0.2) is 9.97 Å². The summed E-state index contributed by atoms with van der Waals surface area (Å²) < 4.78 is 0. The van der Waals surface area contributed by atoms with E-state index >= 15 is 0 Å². The van der Waals surface area contributed by atoms with Gasteiger partial charge < -0.3 is 5.32 Å². The molecule has 0 spiro atoms. The maximum atomic E-state index is 11.9. The van der Waals surface area contributed by atoms with Crippen molar-refractivity contribution in [2.45, 2.75) is 58.3 Å². The number of aromatic nitrogens is 6. The fourth-order valence-corrected chi connectivity index (χ4v) is 4.31. The molecule has 0 saturated carbocycles. The number of aryl methyl sites for hydroxylation is 2. The third-order valence-electron chi connectivity index (χ3n) is 6.24. The molecule has 3 heterocycles. The number of nitrogens with zero attached hydrogens (tertiary/aromatic N) is 3. The van der Waals surface area contributed by atoms with Crippen LogP contribution in [0.5, 0.6) is 0 Å². The summed E-state index contributed by atoms with van der Waals surface area (Å²) in [5.41, 5.74) is 4.60. The Bertz CT molecular complexity index is 1310. The van der Waals surface area contributed by atoms with Gasteiger partial charge in [0.1, 0.15) is 11.6 Å². The van der Waals surface area contributed by atoms with Crippen molar-refractivity contribution in [1.29, 1.82) is 0 Å². The Kier molecular flexibility index (Phi) is 4.64. The minimum atomic E-state index is -0.443. The molecule has 1 aliphatic carbocycles. The van der Waals surface area contributed by atoms with E-state index in [-0.39, 0.29) is 5.56 Å².